The van der Waals surface area contributed by atoms with Crippen LogP contribution in [0.25, 0.3) is 33.5 Å². The Kier molecular flexibility index (Phi) is 5.01. The molecule has 37 heavy (non-hydrogen) atoms. The summed E-state index contributed by atoms with van der Waals surface area (Å²) in [5.74, 6) is 4.35. The third kappa shape index (κ3) is 3.36. The Morgan fingerprint density at radius 2 is 2.00 bits per heavy atom. The molecule has 3 saturated carbocycles. The largest absolute Gasteiger partial charge is 0.494 e. The van der Waals surface area contributed by atoms with E-state index in [1.807, 2.05) is 31.3 Å². The molecule has 2 aromatic heterocycles. The summed E-state index contributed by atoms with van der Waals surface area (Å²) in [6.45, 7) is 3.20. The second kappa shape index (κ2) is 8.21. The van der Waals surface area contributed by atoms with Crippen LogP contribution in [-0.4, -0.2) is 27.0 Å². The summed E-state index contributed by atoms with van der Waals surface area (Å²) in [5.41, 5.74) is 5.05. The number of methoxy groups -OCH3 is 1. The minimum Gasteiger partial charge on any atom is -0.494 e. The second-order valence-corrected chi connectivity index (χ2v) is 11.5. The number of carbonyl (C=O) groups excluding carboxylic acids is 1. The maximum absolute atomic E-state index is 13.7. The molecule has 0 amide bonds. The lowest BCUT2D eigenvalue weighted by Crippen LogP contribution is -2.22. The highest BCUT2D eigenvalue weighted by molar-refractivity contribution is 6.03. The Morgan fingerprint density at radius 1 is 1.16 bits per heavy atom. The van der Waals surface area contributed by atoms with Gasteiger partial charge >= 0.3 is 0 Å². The molecule has 3 aliphatic rings. The van der Waals surface area contributed by atoms with Crippen LogP contribution in [0.5, 0.6) is 5.75 Å². The molecule has 188 valence electrons. The molecular formula is C31H32N4O2. The van der Waals surface area contributed by atoms with Gasteiger partial charge in [-0.2, -0.15) is 5.26 Å². The third-order valence-electron chi connectivity index (χ3n) is 9.55. The van der Waals surface area contributed by atoms with Gasteiger partial charge in [0.1, 0.15) is 17.3 Å². The van der Waals surface area contributed by atoms with E-state index in [4.69, 9.17) is 9.72 Å². The first-order valence-electron chi connectivity index (χ1n) is 13.6. The number of benzene rings is 2. The fraction of sp³-hybridized carbons (Fsp3) is 0.452. The second-order valence-electron chi connectivity index (χ2n) is 11.5. The van der Waals surface area contributed by atoms with Crippen LogP contribution in [-0.2, 0) is 13.6 Å². The van der Waals surface area contributed by atoms with Crippen LogP contribution in [0.3, 0.4) is 0 Å². The number of para-hydroxylation sites is 1. The Hall–Kier alpha value is -3.59. The number of carbonyl (C=O) groups is 1. The topological polar surface area (TPSA) is 72.8 Å². The van der Waals surface area contributed by atoms with Gasteiger partial charge in [0.25, 0.3) is 0 Å². The van der Waals surface area contributed by atoms with Gasteiger partial charge in [-0.05, 0) is 80.0 Å². The van der Waals surface area contributed by atoms with Gasteiger partial charge in [-0.1, -0.05) is 19.1 Å². The van der Waals surface area contributed by atoms with E-state index in [0.717, 1.165) is 46.4 Å². The number of Topliss-reactive ketones (excluding diaryl/α,β-unsaturated/α-hetero) is 1. The number of ether oxygens (including phenoxy) is 1. The predicted octanol–water partition coefficient (Wildman–Crippen LogP) is 6.35. The quantitative estimate of drug-likeness (QED) is 0.294. The third-order valence-corrected chi connectivity index (χ3v) is 9.55. The summed E-state index contributed by atoms with van der Waals surface area (Å²) in [5, 5.41) is 10.9. The molecule has 0 N–H and O–H groups in total. The SMILES string of the molecule is COc1cc(C(=O)[C@H]2C[C@H]3CC[C@@H]2C3C)cc2nc(-c3cc4cccc(C#N)c4n3CC3CC3)n(C)c12. The van der Waals surface area contributed by atoms with Crippen LogP contribution < -0.4 is 4.74 Å². The van der Waals surface area contributed by atoms with Crippen molar-refractivity contribution < 1.29 is 9.53 Å². The van der Waals surface area contributed by atoms with Gasteiger partial charge in [-0.15, -0.1) is 0 Å². The van der Waals surface area contributed by atoms with Gasteiger partial charge in [-0.3, -0.25) is 4.79 Å². The van der Waals surface area contributed by atoms with Gasteiger partial charge in [0.05, 0.1) is 29.4 Å². The van der Waals surface area contributed by atoms with Crippen LogP contribution in [0, 0.1) is 40.9 Å². The first kappa shape index (κ1) is 22.6. The molecule has 0 aliphatic heterocycles. The highest BCUT2D eigenvalue weighted by Gasteiger charge is 2.48. The lowest BCUT2D eigenvalue weighted by atomic mass is 9.82. The summed E-state index contributed by atoms with van der Waals surface area (Å²) in [6, 6.07) is 14.3. The summed E-state index contributed by atoms with van der Waals surface area (Å²) >= 11 is 0. The van der Waals surface area contributed by atoms with Crippen molar-refractivity contribution in [3.8, 4) is 23.3 Å². The minimum absolute atomic E-state index is 0.115. The molecule has 0 saturated heterocycles. The van der Waals surface area contributed by atoms with E-state index in [-0.39, 0.29) is 11.7 Å². The Labute approximate surface area is 216 Å². The average Bonchev–Trinajstić information content (AvgIpc) is 3.30. The normalized spacial score (nSPS) is 24.7. The van der Waals surface area contributed by atoms with Crippen molar-refractivity contribution in [1.82, 2.24) is 14.1 Å². The van der Waals surface area contributed by atoms with Crippen molar-refractivity contribution in [2.24, 2.45) is 36.6 Å². The first-order chi connectivity index (χ1) is 18.0. The minimum atomic E-state index is 0.115. The van der Waals surface area contributed by atoms with E-state index in [9.17, 15) is 10.1 Å². The molecule has 2 bridgehead atoms. The van der Waals surface area contributed by atoms with Crippen molar-refractivity contribution in [3.05, 3.63) is 47.5 Å². The summed E-state index contributed by atoms with van der Waals surface area (Å²) in [7, 11) is 3.68. The number of nitrogens with zero attached hydrogens (tertiary/aromatic N) is 4. The number of aryl methyl sites for hydroxylation is 1. The van der Waals surface area contributed by atoms with E-state index < -0.39 is 0 Å². The molecule has 4 atom stereocenters. The lowest BCUT2D eigenvalue weighted by Gasteiger charge is -2.21. The fourth-order valence-electron chi connectivity index (χ4n) is 7.38. The summed E-state index contributed by atoms with van der Waals surface area (Å²) < 4.78 is 10.2. The Morgan fingerprint density at radius 3 is 2.68 bits per heavy atom. The van der Waals surface area contributed by atoms with Gasteiger partial charge in [0.2, 0.25) is 0 Å². The molecule has 4 aromatic rings. The molecular weight excluding hydrogens is 460 g/mol. The number of hydrogen-bond acceptors (Lipinski definition) is 4. The van der Waals surface area contributed by atoms with E-state index in [2.05, 4.69) is 34.3 Å². The van der Waals surface area contributed by atoms with E-state index >= 15 is 0 Å². The molecule has 3 aliphatic carbocycles. The Balaban J connectivity index is 1.37. The van der Waals surface area contributed by atoms with Crippen LogP contribution >= 0.6 is 0 Å². The molecule has 0 spiro atoms. The van der Waals surface area contributed by atoms with Crippen molar-refractivity contribution in [2.75, 3.05) is 7.11 Å². The van der Waals surface area contributed by atoms with Gasteiger partial charge < -0.3 is 13.9 Å². The van der Waals surface area contributed by atoms with Crippen molar-refractivity contribution in [1.29, 1.82) is 5.26 Å². The number of ketones is 1. The number of nitriles is 1. The van der Waals surface area contributed by atoms with Crippen LogP contribution in [0.4, 0.5) is 0 Å². The number of aromatic nitrogens is 3. The number of hydrogen-bond donors (Lipinski definition) is 0. The molecule has 3 fully saturated rings. The number of imidazole rings is 1. The molecule has 2 aromatic carbocycles. The highest BCUT2D eigenvalue weighted by atomic mass is 16.5. The van der Waals surface area contributed by atoms with E-state index in [0.29, 0.717) is 40.5 Å². The highest BCUT2D eigenvalue weighted by Crippen LogP contribution is 2.53. The van der Waals surface area contributed by atoms with Gasteiger partial charge in [0.15, 0.2) is 11.6 Å². The smallest absolute Gasteiger partial charge is 0.166 e. The van der Waals surface area contributed by atoms with Gasteiger partial charge in [0, 0.05) is 30.5 Å². The molecule has 2 heterocycles. The predicted molar refractivity (Wildman–Crippen MR) is 143 cm³/mol. The van der Waals surface area contributed by atoms with E-state index in [1.165, 1.54) is 25.7 Å². The fourth-order valence-corrected chi connectivity index (χ4v) is 7.38. The summed E-state index contributed by atoms with van der Waals surface area (Å²) in [4.78, 5) is 18.8. The van der Waals surface area contributed by atoms with E-state index in [1.54, 1.807) is 7.11 Å². The molecule has 6 heteroatoms. The average molecular weight is 493 g/mol. The number of rotatable bonds is 6. The molecule has 1 unspecified atom stereocenters. The molecule has 6 nitrogen and oxygen atoms in total. The van der Waals surface area contributed by atoms with Gasteiger partial charge in [-0.25, -0.2) is 4.98 Å². The monoisotopic (exact) mass is 492 g/mol. The van der Waals surface area contributed by atoms with Crippen molar-refractivity contribution >= 4 is 27.7 Å². The Bertz CT molecular complexity index is 1620. The van der Waals surface area contributed by atoms with Crippen LogP contribution in [0.1, 0.15) is 54.9 Å². The zero-order valence-corrected chi connectivity index (χ0v) is 21.7. The number of fused-ring (bicyclic) bond motifs is 4. The summed E-state index contributed by atoms with van der Waals surface area (Å²) in [6.07, 6.45) is 5.89. The standard InChI is InChI=1S/C31H32N4O2/c1-17-19-9-10-23(17)24(11-19)30(36)22-12-25-29(27(14-22)37-3)34(2)31(33-25)26-13-20-5-4-6-21(15-32)28(20)35(26)16-18-7-8-18/h4-6,12-14,17-19,23-24H,7-11,16H2,1-3H3/t17?,19-,23-,24+/m1/s1. The zero-order valence-electron chi connectivity index (χ0n) is 21.7. The lowest BCUT2D eigenvalue weighted by molar-refractivity contribution is 0.0869. The van der Waals surface area contributed by atoms with Crippen LogP contribution in [0.15, 0.2) is 36.4 Å². The zero-order chi connectivity index (χ0) is 25.4. The van der Waals surface area contributed by atoms with Crippen LogP contribution in [0.2, 0.25) is 0 Å². The van der Waals surface area contributed by atoms with Crippen molar-refractivity contribution in [2.45, 2.75) is 45.6 Å². The first-order valence-corrected chi connectivity index (χ1v) is 13.6. The maximum Gasteiger partial charge on any atom is 0.166 e. The van der Waals surface area contributed by atoms with Crippen molar-refractivity contribution in [3.63, 3.8) is 0 Å². The molecule has 0 radical (unpaired) electrons. The maximum atomic E-state index is 13.7. The molecule has 7 rings (SSSR count).